The molecule has 0 aliphatic carbocycles. The Kier molecular flexibility index (Phi) is 7.34. The predicted molar refractivity (Wildman–Crippen MR) is 90.8 cm³/mol. The summed E-state index contributed by atoms with van der Waals surface area (Å²) >= 11 is 1.87. The first-order valence-corrected chi connectivity index (χ1v) is 9.52. The lowest BCUT2D eigenvalue weighted by molar-refractivity contribution is -0.130. The second-order valence-corrected chi connectivity index (χ2v) is 7.95. The molecule has 4 nitrogen and oxygen atoms in total. The molecular weight excluding hydrogens is 282 g/mol. The first-order valence-electron chi connectivity index (χ1n) is 8.47. The minimum atomic E-state index is 0.349. The molecule has 0 unspecified atom stereocenters. The first kappa shape index (κ1) is 17.1. The van der Waals surface area contributed by atoms with Crippen molar-refractivity contribution < 1.29 is 4.79 Å². The third-order valence-corrected chi connectivity index (χ3v) is 5.83. The number of piperazine rings is 1. The molecule has 0 bridgehead atoms. The number of amides is 1. The summed E-state index contributed by atoms with van der Waals surface area (Å²) in [6.07, 6.45) is 3.68. The van der Waals surface area contributed by atoms with E-state index in [2.05, 4.69) is 29.0 Å². The second-order valence-electron chi connectivity index (χ2n) is 6.67. The van der Waals surface area contributed by atoms with E-state index in [0.717, 1.165) is 45.2 Å². The van der Waals surface area contributed by atoms with Crippen molar-refractivity contribution in [2.24, 2.45) is 5.92 Å². The summed E-state index contributed by atoms with van der Waals surface area (Å²) < 4.78 is 0. The molecule has 0 aromatic rings. The molecule has 2 fully saturated rings. The minimum absolute atomic E-state index is 0.349. The Morgan fingerprint density at radius 1 is 1.19 bits per heavy atom. The monoisotopic (exact) mass is 313 g/mol. The van der Waals surface area contributed by atoms with Crippen LogP contribution in [0.25, 0.3) is 0 Å². The molecule has 0 spiro atoms. The molecule has 0 radical (unpaired) electrons. The lowest BCUT2D eigenvalue weighted by atomic mass is 10.1. The van der Waals surface area contributed by atoms with E-state index in [1.54, 1.807) is 0 Å². The average molecular weight is 314 g/mol. The van der Waals surface area contributed by atoms with E-state index in [1.165, 1.54) is 25.8 Å². The van der Waals surface area contributed by atoms with Crippen molar-refractivity contribution in [3.63, 3.8) is 0 Å². The summed E-state index contributed by atoms with van der Waals surface area (Å²) in [7, 11) is 0. The third-order valence-electron chi connectivity index (χ3n) is 4.48. The van der Waals surface area contributed by atoms with Crippen molar-refractivity contribution >= 4 is 17.7 Å². The molecule has 0 aromatic heterocycles. The summed E-state index contributed by atoms with van der Waals surface area (Å²) in [5, 5.41) is 4.06. The highest BCUT2D eigenvalue weighted by Gasteiger charge is 2.22. The van der Waals surface area contributed by atoms with Crippen LogP contribution >= 0.6 is 11.8 Å². The van der Waals surface area contributed by atoms with Crippen LogP contribution in [0.3, 0.4) is 0 Å². The largest absolute Gasteiger partial charge is 0.339 e. The van der Waals surface area contributed by atoms with Crippen LogP contribution in [-0.4, -0.2) is 72.5 Å². The summed E-state index contributed by atoms with van der Waals surface area (Å²) in [5.74, 6) is 1.80. The Hall–Kier alpha value is -0.260. The van der Waals surface area contributed by atoms with E-state index in [4.69, 9.17) is 0 Å². The minimum Gasteiger partial charge on any atom is -0.339 e. The van der Waals surface area contributed by atoms with Gasteiger partial charge in [-0.25, -0.2) is 0 Å². The van der Waals surface area contributed by atoms with E-state index >= 15 is 0 Å². The molecule has 2 aliphatic rings. The molecule has 2 saturated heterocycles. The topological polar surface area (TPSA) is 35.6 Å². The highest BCUT2D eigenvalue weighted by atomic mass is 32.2. The Morgan fingerprint density at radius 3 is 2.48 bits per heavy atom. The van der Waals surface area contributed by atoms with Gasteiger partial charge in [-0.3, -0.25) is 9.69 Å². The fourth-order valence-corrected chi connectivity index (χ4v) is 4.03. The van der Waals surface area contributed by atoms with Crippen molar-refractivity contribution in [1.29, 1.82) is 0 Å². The maximum atomic E-state index is 12.3. The predicted octanol–water partition coefficient (Wildman–Crippen LogP) is 1.66. The fraction of sp³-hybridized carbons (Fsp3) is 0.938. The standard InChI is InChI=1S/C16H31N3OS/c1-14(2)5-8-18-9-11-19(12-10-18)16(20)13-21-15-3-6-17-7-4-15/h14-15,17H,3-13H2,1-2H3. The molecule has 0 saturated carbocycles. The number of thioether (sulfide) groups is 1. The molecule has 0 atom stereocenters. The van der Waals surface area contributed by atoms with E-state index in [-0.39, 0.29) is 0 Å². The molecule has 21 heavy (non-hydrogen) atoms. The number of piperidine rings is 1. The van der Waals surface area contributed by atoms with Gasteiger partial charge in [-0.15, -0.1) is 11.8 Å². The van der Waals surface area contributed by atoms with E-state index < -0.39 is 0 Å². The van der Waals surface area contributed by atoms with Gasteiger partial charge in [0.2, 0.25) is 5.91 Å². The van der Waals surface area contributed by atoms with Crippen LogP contribution in [0.2, 0.25) is 0 Å². The quantitative estimate of drug-likeness (QED) is 0.809. The Bertz CT molecular complexity index is 311. The van der Waals surface area contributed by atoms with Crippen molar-refractivity contribution in [2.75, 3.05) is 51.6 Å². The number of nitrogens with one attached hydrogen (secondary N) is 1. The summed E-state index contributed by atoms with van der Waals surface area (Å²) in [5.41, 5.74) is 0. The maximum absolute atomic E-state index is 12.3. The zero-order chi connectivity index (χ0) is 15.1. The molecule has 122 valence electrons. The Morgan fingerprint density at radius 2 is 1.86 bits per heavy atom. The highest BCUT2D eigenvalue weighted by Crippen LogP contribution is 2.20. The van der Waals surface area contributed by atoms with Crippen molar-refractivity contribution in [2.45, 2.75) is 38.4 Å². The molecule has 2 rings (SSSR count). The number of hydrogen-bond acceptors (Lipinski definition) is 4. The average Bonchev–Trinajstić information content (AvgIpc) is 2.52. The van der Waals surface area contributed by atoms with Crippen LogP contribution in [0.4, 0.5) is 0 Å². The van der Waals surface area contributed by atoms with Gasteiger partial charge in [0, 0.05) is 31.4 Å². The van der Waals surface area contributed by atoms with Crippen molar-refractivity contribution in [1.82, 2.24) is 15.1 Å². The SMILES string of the molecule is CC(C)CCN1CCN(C(=O)CSC2CCNCC2)CC1. The molecule has 2 heterocycles. The summed E-state index contributed by atoms with van der Waals surface area (Å²) in [4.78, 5) is 16.9. The van der Waals surface area contributed by atoms with E-state index in [9.17, 15) is 4.79 Å². The number of hydrogen-bond donors (Lipinski definition) is 1. The summed E-state index contributed by atoms with van der Waals surface area (Å²) in [6.45, 7) is 11.9. The van der Waals surface area contributed by atoms with Gasteiger partial charge < -0.3 is 10.2 Å². The van der Waals surface area contributed by atoms with Gasteiger partial charge >= 0.3 is 0 Å². The van der Waals surface area contributed by atoms with Gasteiger partial charge in [-0.2, -0.15) is 0 Å². The molecule has 1 N–H and O–H groups in total. The third kappa shape index (κ3) is 6.17. The maximum Gasteiger partial charge on any atom is 0.232 e. The van der Waals surface area contributed by atoms with Crippen LogP contribution in [0, 0.1) is 5.92 Å². The zero-order valence-electron chi connectivity index (χ0n) is 13.6. The van der Waals surface area contributed by atoms with Crippen molar-refractivity contribution in [3.8, 4) is 0 Å². The molecule has 5 heteroatoms. The molecule has 1 amide bonds. The molecular formula is C16H31N3OS. The number of nitrogens with zero attached hydrogens (tertiary/aromatic N) is 2. The Labute approximate surface area is 134 Å². The molecule has 0 aromatic carbocycles. The van der Waals surface area contributed by atoms with E-state index in [0.29, 0.717) is 16.9 Å². The van der Waals surface area contributed by atoms with Crippen molar-refractivity contribution in [3.05, 3.63) is 0 Å². The van der Waals surface area contributed by atoms with Crippen LogP contribution in [0.5, 0.6) is 0 Å². The highest BCUT2D eigenvalue weighted by molar-refractivity contribution is 8.00. The van der Waals surface area contributed by atoms with Crippen LogP contribution in [0.1, 0.15) is 33.1 Å². The first-order chi connectivity index (χ1) is 10.1. The number of rotatable bonds is 6. The lowest BCUT2D eigenvalue weighted by Crippen LogP contribution is -2.49. The van der Waals surface area contributed by atoms with E-state index in [1.807, 2.05) is 11.8 Å². The van der Waals surface area contributed by atoms with Gasteiger partial charge in [0.05, 0.1) is 5.75 Å². The van der Waals surface area contributed by atoms with Crippen LogP contribution in [-0.2, 0) is 4.79 Å². The normalized spacial score (nSPS) is 22.0. The summed E-state index contributed by atoms with van der Waals surface area (Å²) in [6, 6.07) is 0. The Balaban J connectivity index is 1.61. The number of carbonyl (C=O) groups excluding carboxylic acids is 1. The van der Waals surface area contributed by atoms with Gasteiger partial charge in [0.25, 0.3) is 0 Å². The van der Waals surface area contributed by atoms with Gasteiger partial charge in [0.15, 0.2) is 0 Å². The fourth-order valence-electron chi connectivity index (χ4n) is 2.90. The van der Waals surface area contributed by atoms with Gasteiger partial charge in [-0.1, -0.05) is 13.8 Å². The van der Waals surface area contributed by atoms with Crippen LogP contribution in [0.15, 0.2) is 0 Å². The zero-order valence-corrected chi connectivity index (χ0v) is 14.5. The molecule has 2 aliphatic heterocycles. The number of carbonyl (C=O) groups is 1. The smallest absolute Gasteiger partial charge is 0.232 e. The van der Waals surface area contributed by atoms with Gasteiger partial charge in [-0.05, 0) is 44.8 Å². The van der Waals surface area contributed by atoms with Crippen LogP contribution < -0.4 is 5.32 Å². The lowest BCUT2D eigenvalue weighted by Gasteiger charge is -2.35. The second kappa shape index (κ2) is 9.01. The van der Waals surface area contributed by atoms with Gasteiger partial charge in [0.1, 0.15) is 0 Å².